The van der Waals surface area contributed by atoms with E-state index >= 15 is 0 Å². The molecule has 0 aliphatic heterocycles. The molecule has 0 fully saturated rings. The zero-order valence-corrected chi connectivity index (χ0v) is 16.5. The molecule has 0 saturated heterocycles. The Labute approximate surface area is 146 Å². The molecule has 1 rings (SSSR count). The normalized spacial score (nSPS) is 13.5. The third-order valence-corrected chi connectivity index (χ3v) is 8.93. The number of hydrogen-bond acceptors (Lipinski definition) is 6. The van der Waals surface area contributed by atoms with Crippen molar-refractivity contribution in [2.45, 2.75) is 25.7 Å². The number of hydrogen-bond donors (Lipinski definition) is 1. The van der Waals surface area contributed by atoms with Crippen molar-refractivity contribution in [3.05, 3.63) is 34.4 Å². The second kappa shape index (κ2) is 8.29. The van der Waals surface area contributed by atoms with Gasteiger partial charge in [-0.2, -0.15) is 0 Å². The van der Waals surface area contributed by atoms with Gasteiger partial charge in [-0.05, 0) is 18.2 Å². The molecule has 1 unspecified atom stereocenters. The monoisotopic (exact) mass is 394 g/mol. The van der Waals surface area contributed by atoms with Crippen LogP contribution < -0.4 is 3.71 Å². The van der Waals surface area contributed by atoms with Crippen LogP contribution in [0.15, 0.2) is 24.3 Å². The summed E-state index contributed by atoms with van der Waals surface area (Å²) >= 11 is -1.98. The van der Waals surface area contributed by atoms with E-state index in [1.165, 1.54) is 12.1 Å². The zero-order valence-electron chi connectivity index (χ0n) is 13.8. The van der Waals surface area contributed by atoms with Gasteiger partial charge in [0.15, 0.2) is 5.75 Å². The molecule has 0 spiro atoms. The van der Waals surface area contributed by atoms with Crippen LogP contribution in [-0.2, 0) is 21.4 Å². The Hall–Kier alpha value is -1.14. The van der Waals surface area contributed by atoms with Gasteiger partial charge in [0.1, 0.15) is 5.69 Å². The van der Waals surface area contributed by atoms with E-state index < -0.39 is 41.0 Å². The summed E-state index contributed by atoms with van der Waals surface area (Å²) in [4.78, 5) is 10.1. The lowest BCUT2D eigenvalue weighted by Crippen LogP contribution is -2.41. The molecule has 0 bridgehead atoms. The number of anilines is 1. The summed E-state index contributed by atoms with van der Waals surface area (Å²) in [5, 5.41) is 19.7. The number of nitro benzene ring substituents is 1. The van der Waals surface area contributed by atoms with Gasteiger partial charge in [-0.3, -0.25) is 10.1 Å². The highest BCUT2D eigenvalue weighted by Gasteiger charge is 2.34. The average molecular weight is 395 g/mol. The zero-order chi connectivity index (χ0) is 18.5. The van der Waals surface area contributed by atoms with Crippen LogP contribution >= 0.6 is 0 Å². The highest BCUT2D eigenvalue weighted by molar-refractivity contribution is 8.10. The molecule has 1 aromatic rings. The molecular formula is C13H22N2O6S2Si. The predicted octanol–water partition coefficient (Wildman–Crippen LogP) is 1.73. The first kappa shape index (κ1) is 20.9. The molecule has 0 amide bonds. The number of aliphatic hydroxyl groups excluding tert-OH is 1. The molecule has 136 valence electrons. The lowest BCUT2D eigenvalue weighted by Gasteiger charge is -2.26. The first-order chi connectivity index (χ1) is 11.0. The van der Waals surface area contributed by atoms with E-state index in [-0.39, 0.29) is 22.9 Å². The maximum atomic E-state index is 12.7. The highest BCUT2D eigenvalue weighted by Crippen LogP contribution is 2.26. The number of sulfonamides is 1. The van der Waals surface area contributed by atoms with Crippen molar-refractivity contribution in [3.8, 4) is 0 Å². The summed E-state index contributed by atoms with van der Waals surface area (Å²) in [7, 11) is -5.51. The minimum atomic E-state index is -3.88. The molecule has 1 aromatic carbocycles. The molecule has 0 aliphatic rings. The summed E-state index contributed by atoms with van der Waals surface area (Å²) in [6.07, 6.45) is 0. The lowest BCUT2D eigenvalue weighted by atomic mass is 10.3. The molecule has 8 nitrogen and oxygen atoms in total. The molecular weight excluding hydrogens is 372 g/mol. The van der Waals surface area contributed by atoms with Crippen LogP contribution in [0.4, 0.5) is 11.4 Å². The summed E-state index contributed by atoms with van der Waals surface area (Å²) in [5.74, 6) is -0.389. The first-order valence-electron chi connectivity index (χ1n) is 7.25. The first-order valence-corrected chi connectivity index (χ1v) is 13.8. The molecule has 0 aromatic heterocycles. The van der Waals surface area contributed by atoms with E-state index in [0.29, 0.717) is 6.04 Å². The maximum absolute atomic E-state index is 12.7. The topological polar surface area (TPSA) is 124 Å². The number of rotatable bonds is 9. The van der Waals surface area contributed by atoms with Crippen molar-refractivity contribution in [3.63, 3.8) is 0 Å². The molecule has 1 atom stereocenters. The molecule has 1 N–H and O–H groups in total. The van der Waals surface area contributed by atoms with Crippen molar-refractivity contribution in [2.24, 2.45) is 0 Å². The van der Waals surface area contributed by atoms with Crippen molar-refractivity contribution in [2.75, 3.05) is 21.8 Å². The quantitative estimate of drug-likeness (QED) is 0.294. The highest BCUT2D eigenvalue weighted by atomic mass is 32.3. The number of nitro groups is 1. The standard InChI is InChI=1S/C13H22N2O6S2Si/c1-24(2,3)11-10-23(20,21)15(22(19)9-8-16)13-6-4-12(5-7-13)14(17)18/h4-7,16H,8-11H2,1-3H3. The largest absolute Gasteiger partial charge is 0.592 e. The van der Waals surface area contributed by atoms with Gasteiger partial charge in [-0.1, -0.05) is 23.4 Å². The van der Waals surface area contributed by atoms with Crippen LogP contribution in [0.25, 0.3) is 0 Å². The molecule has 0 saturated carbocycles. The third kappa shape index (κ3) is 6.05. The Kier molecular flexibility index (Phi) is 7.22. The lowest BCUT2D eigenvalue weighted by molar-refractivity contribution is -0.384. The van der Waals surface area contributed by atoms with Crippen molar-refractivity contribution >= 4 is 40.8 Å². The van der Waals surface area contributed by atoms with E-state index in [1.54, 1.807) is 0 Å². The van der Waals surface area contributed by atoms with Gasteiger partial charge < -0.3 is 9.66 Å². The Morgan fingerprint density at radius 3 is 2.21 bits per heavy atom. The summed E-state index contributed by atoms with van der Waals surface area (Å²) in [6, 6.07) is 5.31. The summed E-state index contributed by atoms with van der Waals surface area (Å²) in [5.41, 5.74) is -0.103. The third-order valence-electron chi connectivity index (χ3n) is 3.08. The van der Waals surface area contributed by atoms with Crippen LogP contribution in [0.3, 0.4) is 0 Å². The number of non-ortho nitro benzene ring substituents is 1. The second-order valence-corrected chi connectivity index (χ2v) is 15.6. The fourth-order valence-electron chi connectivity index (χ4n) is 1.78. The van der Waals surface area contributed by atoms with Crippen molar-refractivity contribution < 1.29 is 23.0 Å². The van der Waals surface area contributed by atoms with Gasteiger partial charge in [0.05, 0.1) is 28.6 Å². The van der Waals surface area contributed by atoms with Gasteiger partial charge >= 0.3 is 0 Å². The molecule has 11 heteroatoms. The smallest absolute Gasteiger partial charge is 0.273 e. The van der Waals surface area contributed by atoms with Gasteiger partial charge in [-0.15, -0.1) is 0 Å². The predicted molar refractivity (Wildman–Crippen MR) is 97.6 cm³/mol. The fourth-order valence-corrected chi connectivity index (χ4v) is 8.01. The molecule has 0 radical (unpaired) electrons. The van der Waals surface area contributed by atoms with Crippen LogP contribution in [-0.4, -0.2) is 49.2 Å². The van der Waals surface area contributed by atoms with Crippen LogP contribution in [0.5, 0.6) is 0 Å². The van der Waals surface area contributed by atoms with Crippen LogP contribution in [0.2, 0.25) is 25.7 Å². The van der Waals surface area contributed by atoms with E-state index in [4.69, 9.17) is 5.11 Å². The SMILES string of the molecule is C[Si](C)(C)CCS(=O)(=O)N(c1ccc([N+](=O)[O-])cc1)[S+]([O-])CCO. The molecule has 0 heterocycles. The Morgan fingerprint density at radius 1 is 1.25 bits per heavy atom. The van der Waals surface area contributed by atoms with Crippen molar-refractivity contribution in [1.82, 2.24) is 0 Å². The average Bonchev–Trinajstić information content (AvgIpc) is 2.45. The maximum Gasteiger partial charge on any atom is 0.273 e. The van der Waals surface area contributed by atoms with Gasteiger partial charge in [-0.25, -0.2) is 8.42 Å². The van der Waals surface area contributed by atoms with Crippen molar-refractivity contribution in [1.29, 1.82) is 0 Å². The summed E-state index contributed by atoms with van der Waals surface area (Å²) in [6.45, 7) is 5.66. The Bertz CT molecular complexity index is 660. The number of aliphatic hydroxyl groups is 1. The fraction of sp³-hybridized carbons (Fsp3) is 0.538. The van der Waals surface area contributed by atoms with Gasteiger partial charge in [0, 0.05) is 20.2 Å². The van der Waals surface area contributed by atoms with E-state index in [2.05, 4.69) is 0 Å². The van der Waals surface area contributed by atoms with E-state index in [1.807, 2.05) is 19.6 Å². The van der Waals surface area contributed by atoms with Gasteiger partial charge in [0.2, 0.25) is 0 Å². The molecule has 24 heavy (non-hydrogen) atoms. The molecule has 0 aliphatic carbocycles. The minimum absolute atomic E-state index is 0.0861. The minimum Gasteiger partial charge on any atom is -0.592 e. The van der Waals surface area contributed by atoms with Crippen LogP contribution in [0, 0.1) is 10.1 Å². The van der Waals surface area contributed by atoms with E-state index in [9.17, 15) is 23.1 Å². The van der Waals surface area contributed by atoms with E-state index in [0.717, 1.165) is 15.8 Å². The Balaban J connectivity index is 3.18. The second-order valence-electron chi connectivity index (χ2n) is 6.38. The van der Waals surface area contributed by atoms with Crippen LogP contribution in [0.1, 0.15) is 0 Å². The number of benzene rings is 1. The van der Waals surface area contributed by atoms with Gasteiger partial charge in [0.25, 0.3) is 15.7 Å². The summed E-state index contributed by atoms with van der Waals surface area (Å²) < 4.78 is 38.4. The Morgan fingerprint density at radius 2 is 1.79 bits per heavy atom. The number of nitrogens with zero attached hydrogens (tertiary/aromatic N) is 2.